The zero-order valence-corrected chi connectivity index (χ0v) is 13.9. The van der Waals surface area contributed by atoms with Crippen LogP contribution in [0.1, 0.15) is 32.9 Å². The lowest BCUT2D eigenvalue weighted by molar-refractivity contribution is 0.0289. The predicted molar refractivity (Wildman–Crippen MR) is 83.4 cm³/mol. The number of ether oxygens (including phenoxy) is 1. The maximum atomic E-state index is 12.0. The average molecular weight is 309 g/mol. The van der Waals surface area contributed by atoms with Gasteiger partial charge >= 0.3 is 6.09 Å². The summed E-state index contributed by atoms with van der Waals surface area (Å²) in [6.07, 6.45) is 0.816. The number of carbonyl (C=O) groups is 1. The third-order valence-electron chi connectivity index (χ3n) is 3.18. The van der Waals surface area contributed by atoms with Crippen LogP contribution in [0.3, 0.4) is 0 Å². The minimum absolute atomic E-state index is 0.204. The van der Waals surface area contributed by atoms with Gasteiger partial charge in [-0.3, -0.25) is 0 Å². The number of amides is 1. The van der Waals surface area contributed by atoms with Gasteiger partial charge in [0.2, 0.25) is 0 Å². The highest BCUT2D eigenvalue weighted by molar-refractivity contribution is 7.99. The zero-order valence-electron chi connectivity index (χ0n) is 13.1. The van der Waals surface area contributed by atoms with Gasteiger partial charge in [-0.05, 0) is 52.2 Å². The zero-order chi connectivity index (χ0) is 15.5. The number of hydrogen-bond acceptors (Lipinski definition) is 5. The van der Waals surface area contributed by atoms with Gasteiger partial charge in [0, 0.05) is 18.8 Å². The van der Waals surface area contributed by atoms with E-state index in [9.17, 15) is 4.79 Å². The van der Waals surface area contributed by atoms with Crippen LogP contribution in [0.2, 0.25) is 0 Å². The molecule has 116 valence electrons. The maximum absolute atomic E-state index is 12.0. The Morgan fingerprint density at radius 2 is 2.19 bits per heavy atom. The van der Waals surface area contributed by atoms with Gasteiger partial charge in [0.15, 0.2) is 0 Å². The second-order valence-electron chi connectivity index (χ2n) is 6.41. The molecule has 1 aliphatic heterocycles. The van der Waals surface area contributed by atoms with Crippen LogP contribution in [0.4, 0.5) is 4.79 Å². The number of nitrogens with zero attached hydrogens (tertiary/aromatic N) is 3. The summed E-state index contributed by atoms with van der Waals surface area (Å²) in [5.74, 6) is 1.45. The van der Waals surface area contributed by atoms with Crippen molar-refractivity contribution in [3.05, 3.63) is 17.8 Å². The maximum Gasteiger partial charge on any atom is 0.410 e. The van der Waals surface area contributed by atoms with E-state index in [-0.39, 0.29) is 6.09 Å². The summed E-state index contributed by atoms with van der Waals surface area (Å²) in [7, 11) is 0. The number of carbonyl (C=O) groups excluding carboxylic acids is 1. The molecule has 0 radical (unpaired) electrons. The minimum Gasteiger partial charge on any atom is -0.444 e. The average Bonchev–Trinajstić information content (AvgIpc) is 2.85. The topological polar surface area (TPSA) is 55.3 Å². The second-order valence-corrected chi connectivity index (χ2v) is 7.45. The van der Waals surface area contributed by atoms with Crippen LogP contribution >= 0.6 is 11.8 Å². The standard InChI is InChI=1S/C15H23N3O2S/c1-11-5-6-13(17-16-11)21-10-12-7-8-18(9-12)14(19)20-15(2,3)4/h5-6,12H,7-10H2,1-4H3. The Balaban J connectivity index is 1.77. The van der Waals surface area contributed by atoms with Crippen molar-refractivity contribution >= 4 is 17.9 Å². The number of thioether (sulfide) groups is 1. The van der Waals surface area contributed by atoms with Crippen LogP contribution in [-0.4, -0.2) is 45.6 Å². The third-order valence-corrected chi connectivity index (χ3v) is 4.33. The Hall–Kier alpha value is -1.30. The lowest BCUT2D eigenvalue weighted by Crippen LogP contribution is -2.35. The van der Waals surface area contributed by atoms with E-state index in [4.69, 9.17) is 4.74 Å². The predicted octanol–water partition coefficient (Wildman–Crippen LogP) is 3.13. The molecule has 0 saturated carbocycles. The lowest BCUT2D eigenvalue weighted by Gasteiger charge is -2.24. The third kappa shape index (κ3) is 5.19. The highest BCUT2D eigenvalue weighted by atomic mass is 32.2. The molecule has 0 aromatic carbocycles. The first kappa shape index (κ1) is 16.1. The highest BCUT2D eigenvalue weighted by Gasteiger charge is 2.29. The molecule has 0 aliphatic carbocycles. The SMILES string of the molecule is Cc1ccc(SCC2CCN(C(=O)OC(C)(C)C)C2)nn1. The summed E-state index contributed by atoms with van der Waals surface area (Å²) in [6, 6.07) is 3.96. The second kappa shape index (κ2) is 6.64. The van der Waals surface area contributed by atoms with Crippen LogP contribution in [0.15, 0.2) is 17.2 Å². The molecule has 1 unspecified atom stereocenters. The van der Waals surface area contributed by atoms with E-state index >= 15 is 0 Å². The molecular formula is C15H23N3O2S. The number of likely N-dealkylation sites (tertiary alicyclic amines) is 1. The molecule has 1 aromatic heterocycles. The Morgan fingerprint density at radius 1 is 1.43 bits per heavy atom. The molecule has 0 spiro atoms. The summed E-state index contributed by atoms with van der Waals surface area (Å²) >= 11 is 1.70. The molecule has 1 aromatic rings. The van der Waals surface area contributed by atoms with E-state index in [1.807, 2.05) is 39.8 Å². The van der Waals surface area contributed by atoms with Gasteiger partial charge < -0.3 is 9.64 Å². The smallest absolute Gasteiger partial charge is 0.410 e. The molecule has 0 N–H and O–H groups in total. The van der Waals surface area contributed by atoms with Crippen molar-refractivity contribution in [2.45, 2.75) is 44.7 Å². The molecule has 2 heterocycles. The number of hydrogen-bond donors (Lipinski definition) is 0. The van der Waals surface area contributed by atoms with Crippen molar-refractivity contribution in [2.75, 3.05) is 18.8 Å². The monoisotopic (exact) mass is 309 g/mol. The van der Waals surface area contributed by atoms with E-state index in [2.05, 4.69) is 10.2 Å². The van der Waals surface area contributed by atoms with Crippen LogP contribution in [0, 0.1) is 12.8 Å². The summed E-state index contributed by atoms with van der Waals surface area (Å²) in [6.45, 7) is 9.15. The number of rotatable bonds is 3. The Labute approximate surface area is 130 Å². The quantitative estimate of drug-likeness (QED) is 0.803. The molecule has 1 aliphatic rings. The van der Waals surface area contributed by atoms with Gasteiger partial charge in [0.05, 0.1) is 5.69 Å². The molecule has 1 fully saturated rings. The molecule has 2 rings (SSSR count). The fourth-order valence-corrected chi connectivity index (χ4v) is 3.07. The Bertz CT molecular complexity index is 485. The molecule has 1 atom stereocenters. The van der Waals surface area contributed by atoms with Crippen LogP contribution in [0.25, 0.3) is 0 Å². The molecule has 5 nitrogen and oxygen atoms in total. The Morgan fingerprint density at radius 3 is 2.81 bits per heavy atom. The van der Waals surface area contributed by atoms with Crippen molar-refractivity contribution in [1.29, 1.82) is 0 Å². The molecule has 0 bridgehead atoms. The summed E-state index contributed by atoms with van der Waals surface area (Å²) in [4.78, 5) is 13.8. The minimum atomic E-state index is -0.429. The van der Waals surface area contributed by atoms with Crippen LogP contribution in [-0.2, 0) is 4.74 Å². The van der Waals surface area contributed by atoms with Crippen molar-refractivity contribution in [2.24, 2.45) is 5.92 Å². The first-order chi connectivity index (χ1) is 9.83. The Kier molecular flexibility index (Phi) is 5.08. The van der Waals surface area contributed by atoms with E-state index < -0.39 is 5.60 Å². The van der Waals surface area contributed by atoms with Gasteiger partial charge in [0.25, 0.3) is 0 Å². The largest absolute Gasteiger partial charge is 0.444 e. The summed E-state index contributed by atoms with van der Waals surface area (Å²) < 4.78 is 5.40. The first-order valence-electron chi connectivity index (χ1n) is 7.24. The van der Waals surface area contributed by atoms with Gasteiger partial charge in [-0.2, -0.15) is 5.10 Å². The molecule has 1 amide bonds. The van der Waals surface area contributed by atoms with E-state index in [0.717, 1.165) is 36.0 Å². The fourth-order valence-electron chi connectivity index (χ4n) is 2.13. The van der Waals surface area contributed by atoms with Crippen LogP contribution in [0.5, 0.6) is 0 Å². The van der Waals surface area contributed by atoms with E-state index in [0.29, 0.717) is 5.92 Å². The van der Waals surface area contributed by atoms with Gasteiger partial charge in [-0.15, -0.1) is 16.9 Å². The highest BCUT2D eigenvalue weighted by Crippen LogP contribution is 2.25. The summed E-state index contributed by atoms with van der Waals surface area (Å²) in [5.41, 5.74) is 0.498. The lowest BCUT2D eigenvalue weighted by atomic mass is 10.2. The molecule has 6 heteroatoms. The molecule has 21 heavy (non-hydrogen) atoms. The first-order valence-corrected chi connectivity index (χ1v) is 8.23. The normalized spacial score (nSPS) is 18.9. The number of aromatic nitrogens is 2. The number of aryl methyl sites for hydroxylation is 1. The van der Waals surface area contributed by atoms with Gasteiger partial charge in [-0.25, -0.2) is 4.79 Å². The van der Waals surface area contributed by atoms with Gasteiger partial charge in [0.1, 0.15) is 10.6 Å². The molecule has 1 saturated heterocycles. The van der Waals surface area contributed by atoms with Crippen LogP contribution < -0.4 is 0 Å². The van der Waals surface area contributed by atoms with Gasteiger partial charge in [-0.1, -0.05) is 0 Å². The van der Waals surface area contributed by atoms with E-state index in [1.165, 1.54) is 0 Å². The molecular weight excluding hydrogens is 286 g/mol. The fraction of sp³-hybridized carbons (Fsp3) is 0.667. The van der Waals surface area contributed by atoms with E-state index in [1.54, 1.807) is 16.7 Å². The summed E-state index contributed by atoms with van der Waals surface area (Å²) in [5, 5.41) is 9.14. The van der Waals surface area contributed by atoms with Crippen molar-refractivity contribution in [3.8, 4) is 0 Å². The van der Waals surface area contributed by atoms with Crippen molar-refractivity contribution in [3.63, 3.8) is 0 Å². The van der Waals surface area contributed by atoms with Crippen molar-refractivity contribution < 1.29 is 9.53 Å². The van der Waals surface area contributed by atoms with Crippen molar-refractivity contribution in [1.82, 2.24) is 15.1 Å².